The lowest BCUT2D eigenvalue weighted by atomic mass is 10.0. The van der Waals surface area contributed by atoms with Crippen LogP contribution in [-0.2, 0) is 4.74 Å². The van der Waals surface area contributed by atoms with Crippen molar-refractivity contribution in [1.82, 2.24) is 10.2 Å². The van der Waals surface area contributed by atoms with Gasteiger partial charge >= 0.3 is 6.03 Å². The van der Waals surface area contributed by atoms with E-state index in [1.54, 1.807) is 19.2 Å². The highest BCUT2D eigenvalue weighted by Gasteiger charge is 2.24. The minimum Gasteiger partial charge on any atom is -0.383 e. The molecule has 0 spiro atoms. The zero-order valence-corrected chi connectivity index (χ0v) is 15.6. The van der Waals surface area contributed by atoms with Crippen molar-refractivity contribution < 1.29 is 14.3 Å². The van der Waals surface area contributed by atoms with Gasteiger partial charge in [-0.05, 0) is 63.8 Å². The summed E-state index contributed by atoms with van der Waals surface area (Å²) in [6.45, 7) is 7.14. The molecule has 1 heterocycles. The molecule has 0 unspecified atom stereocenters. The van der Waals surface area contributed by atoms with Crippen LogP contribution in [0.25, 0.3) is 0 Å². The standard InChI is InChI=1S/C19H29N3O3/c1-13-11-16(18(23)22-10-6-5-7-15(22)3)8-9-17(13)21-19(24)20-14(2)12-25-4/h8-9,11,14-15H,5-7,10,12H2,1-4H3,(H2,20,21,24)/t14-,15+/m0/s1. The van der Waals surface area contributed by atoms with E-state index < -0.39 is 0 Å². The average Bonchev–Trinajstić information content (AvgIpc) is 2.56. The number of nitrogens with one attached hydrogen (secondary N) is 2. The molecule has 1 saturated heterocycles. The van der Waals surface area contributed by atoms with Crippen LogP contribution in [-0.4, -0.2) is 49.2 Å². The van der Waals surface area contributed by atoms with Gasteiger partial charge in [0.15, 0.2) is 0 Å². The van der Waals surface area contributed by atoms with Gasteiger partial charge in [-0.1, -0.05) is 0 Å². The molecule has 6 nitrogen and oxygen atoms in total. The van der Waals surface area contributed by atoms with Crippen molar-refractivity contribution >= 4 is 17.6 Å². The Morgan fingerprint density at radius 3 is 2.76 bits per heavy atom. The highest BCUT2D eigenvalue weighted by Crippen LogP contribution is 2.22. The van der Waals surface area contributed by atoms with Crippen LogP contribution in [0.1, 0.15) is 49.0 Å². The molecule has 138 valence electrons. The minimum atomic E-state index is -0.281. The number of amides is 3. The van der Waals surface area contributed by atoms with E-state index in [9.17, 15) is 9.59 Å². The van der Waals surface area contributed by atoms with Crippen LogP contribution in [0.4, 0.5) is 10.5 Å². The fourth-order valence-corrected chi connectivity index (χ4v) is 3.18. The van der Waals surface area contributed by atoms with Crippen LogP contribution in [0.15, 0.2) is 18.2 Å². The quantitative estimate of drug-likeness (QED) is 0.859. The molecule has 3 amide bonds. The van der Waals surface area contributed by atoms with Gasteiger partial charge in [-0.2, -0.15) is 0 Å². The first kappa shape index (κ1) is 19.2. The Morgan fingerprint density at radius 1 is 1.36 bits per heavy atom. The monoisotopic (exact) mass is 347 g/mol. The Balaban J connectivity index is 2.02. The number of ether oxygens (including phenoxy) is 1. The number of hydrogen-bond acceptors (Lipinski definition) is 3. The van der Waals surface area contributed by atoms with E-state index in [2.05, 4.69) is 17.6 Å². The topological polar surface area (TPSA) is 70.7 Å². The summed E-state index contributed by atoms with van der Waals surface area (Å²) in [4.78, 5) is 26.7. The highest BCUT2D eigenvalue weighted by molar-refractivity contribution is 5.96. The number of rotatable bonds is 5. The van der Waals surface area contributed by atoms with E-state index in [0.717, 1.165) is 24.9 Å². The van der Waals surface area contributed by atoms with E-state index in [1.165, 1.54) is 6.42 Å². The number of hydrogen-bond donors (Lipinski definition) is 2. The number of anilines is 1. The number of aryl methyl sites for hydroxylation is 1. The predicted octanol–water partition coefficient (Wildman–Crippen LogP) is 3.17. The number of carbonyl (C=O) groups excluding carboxylic acids is 2. The third kappa shape index (κ3) is 5.19. The molecule has 2 atom stereocenters. The van der Waals surface area contributed by atoms with Gasteiger partial charge in [0.05, 0.1) is 12.6 Å². The molecule has 2 rings (SSSR count). The number of benzene rings is 1. The van der Waals surface area contributed by atoms with Crippen LogP contribution in [0.3, 0.4) is 0 Å². The number of likely N-dealkylation sites (tertiary alicyclic amines) is 1. The third-order valence-corrected chi connectivity index (χ3v) is 4.58. The van der Waals surface area contributed by atoms with Crippen LogP contribution in [0, 0.1) is 6.92 Å². The van der Waals surface area contributed by atoms with Crippen LogP contribution in [0.2, 0.25) is 0 Å². The molecule has 1 aliphatic heterocycles. The Morgan fingerprint density at radius 2 is 2.12 bits per heavy atom. The summed E-state index contributed by atoms with van der Waals surface area (Å²) in [5.74, 6) is 0.0695. The van der Waals surface area contributed by atoms with E-state index in [0.29, 0.717) is 17.9 Å². The smallest absolute Gasteiger partial charge is 0.319 e. The van der Waals surface area contributed by atoms with Crippen molar-refractivity contribution in [1.29, 1.82) is 0 Å². The maximum absolute atomic E-state index is 12.7. The van der Waals surface area contributed by atoms with Gasteiger partial charge < -0.3 is 20.3 Å². The summed E-state index contributed by atoms with van der Waals surface area (Å²) in [5, 5.41) is 5.62. The Bertz CT molecular complexity index is 618. The number of methoxy groups -OCH3 is 1. The van der Waals surface area contributed by atoms with Gasteiger partial charge in [0.25, 0.3) is 5.91 Å². The van der Waals surface area contributed by atoms with Gasteiger partial charge in [-0.15, -0.1) is 0 Å². The number of nitrogens with zero attached hydrogens (tertiary/aromatic N) is 1. The fourth-order valence-electron chi connectivity index (χ4n) is 3.18. The third-order valence-electron chi connectivity index (χ3n) is 4.58. The van der Waals surface area contributed by atoms with Crippen molar-refractivity contribution in [3.05, 3.63) is 29.3 Å². The normalized spacial score (nSPS) is 18.6. The van der Waals surface area contributed by atoms with Crippen molar-refractivity contribution in [3.63, 3.8) is 0 Å². The first-order chi connectivity index (χ1) is 11.9. The lowest BCUT2D eigenvalue weighted by Gasteiger charge is -2.33. The first-order valence-electron chi connectivity index (χ1n) is 8.90. The molecule has 2 N–H and O–H groups in total. The van der Waals surface area contributed by atoms with Crippen LogP contribution in [0.5, 0.6) is 0 Å². The summed E-state index contributed by atoms with van der Waals surface area (Å²) in [7, 11) is 1.60. The maximum atomic E-state index is 12.7. The van der Waals surface area contributed by atoms with Gasteiger partial charge in [-0.25, -0.2) is 4.79 Å². The molecule has 1 aromatic rings. The summed E-state index contributed by atoms with van der Waals surface area (Å²) in [6, 6.07) is 5.34. The van der Waals surface area contributed by atoms with Gasteiger partial charge in [0.2, 0.25) is 0 Å². The van der Waals surface area contributed by atoms with E-state index >= 15 is 0 Å². The Kier molecular flexibility index (Phi) is 6.82. The second-order valence-corrected chi connectivity index (χ2v) is 6.83. The molecule has 0 aromatic heterocycles. The molecule has 0 saturated carbocycles. The Hall–Kier alpha value is -2.08. The largest absolute Gasteiger partial charge is 0.383 e. The van der Waals surface area contributed by atoms with E-state index in [-0.39, 0.29) is 24.0 Å². The maximum Gasteiger partial charge on any atom is 0.319 e. The minimum absolute atomic E-state index is 0.0695. The van der Waals surface area contributed by atoms with Gasteiger partial charge in [-0.3, -0.25) is 4.79 Å². The SMILES string of the molecule is COC[C@H](C)NC(=O)Nc1ccc(C(=O)N2CCCC[C@H]2C)cc1C. The summed E-state index contributed by atoms with van der Waals surface area (Å²) in [6.07, 6.45) is 3.31. The number of piperidine rings is 1. The van der Waals surface area contributed by atoms with Crippen molar-refractivity contribution in [2.45, 2.75) is 52.1 Å². The summed E-state index contributed by atoms with van der Waals surface area (Å²) in [5.41, 5.74) is 2.24. The number of carbonyl (C=O) groups is 2. The lowest BCUT2D eigenvalue weighted by molar-refractivity contribution is 0.0635. The average molecular weight is 347 g/mol. The van der Waals surface area contributed by atoms with Gasteiger partial charge in [0, 0.05) is 30.9 Å². The first-order valence-corrected chi connectivity index (χ1v) is 8.90. The molecule has 1 aromatic carbocycles. The molecule has 1 aliphatic rings. The Labute approximate surface area is 149 Å². The number of urea groups is 1. The molecule has 6 heteroatoms. The zero-order chi connectivity index (χ0) is 18.4. The predicted molar refractivity (Wildman–Crippen MR) is 99.0 cm³/mol. The fraction of sp³-hybridized carbons (Fsp3) is 0.579. The van der Waals surface area contributed by atoms with Gasteiger partial charge in [0.1, 0.15) is 0 Å². The van der Waals surface area contributed by atoms with E-state index in [1.807, 2.05) is 24.8 Å². The van der Waals surface area contributed by atoms with E-state index in [4.69, 9.17) is 4.74 Å². The molecule has 1 fully saturated rings. The van der Waals surface area contributed by atoms with Crippen LogP contribution < -0.4 is 10.6 Å². The summed E-state index contributed by atoms with van der Waals surface area (Å²) < 4.78 is 5.00. The zero-order valence-electron chi connectivity index (χ0n) is 15.6. The second kappa shape index (κ2) is 8.85. The molecule has 0 radical (unpaired) electrons. The molecule has 0 bridgehead atoms. The molecule has 0 aliphatic carbocycles. The van der Waals surface area contributed by atoms with Crippen molar-refractivity contribution in [3.8, 4) is 0 Å². The van der Waals surface area contributed by atoms with Crippen molar-refractivity contribution in [2.24, 2.45) is 0 Å². The molecule has 25 heavy (non-hydrogen) atoms. The van der Waals surface area contributed by atoms with Crippen LogP contribution >= 0.6 is 0 Å². The molecular weight excluding hydrogens is 318 g/mol. The second-order valence-electron chi connectivity index (χ2n) is 6.83. The summed E-state index contributed by atoms with van der Waals surface area (Å²) >= 11 is 0. The molecular formula is C19H29N3O3. The highest BCUT2D eigenvalue weighted by atomic mass is 16.5. The van der Waals surface area contributed by atoms with Crippen molar-refractivity contribution in [2.75, 3.05) is 25.6 Å². The lowest BCUT2D eigenvalue weighted by Crippen LogP contribution is -2.42.